The second-order valence-electron chi connectivity index (χ2n) is 5.41. The zero-order valence-electron chi connectivity index (χ0n) is 12.3. The molecule has 1 heterocycles. The zero-order valence-corrected chi connectivity index (χ0v) is 12.3. The Hall–Kier alpha value is -1.66. The van der Waals surface area contributed by atoms with Gasteiger partial charge in [-0.25, -0.2) is 0 Å². The van der Waals surface area contributed by atoms with Crippen LogP contribution in [0.25, 0.3) is 0 Å². The molecule has 1 aliphatic heterocycles. The van der Waals surface area contributed by atoms with Gasteiger partial charge in [-0.1, -0.05) is 0 Å². The molecule has 2 rings (SSSR count). The lowest BCUT2D eigenvalue weighted by atomic mass is 10.1. The molecule has 6 heteroatoms. The summed E-state index contributed by atoms with van der Waals surface area (Å²) >= 11 is 0. The number of nitro benzene ring substituents is 1. The van der Waals surface area contributed by atoms with Gasteiger partial charge in [0.1, 0.15) is 5.75 Å². The molecule has 1 aromatic carbocycles. The molecule has 1 aromatic rings. The number of hydrogen-bond acceptors (Lipinski definition) is 5. The third-order valence-electron chi connectivity index (χ3n) is 3.73. The Morgan fingerprint density at radius 1 is 1.43 bits per heavy atom. The van der Waals surface area contributed by atoms with E-state index in [-0.39, 0.29) is 5.69 Å². The largest absolute Gasteiger partial charge is 0.493 e. The van der Waals surface area contributed by atoms with Crippen LogP contribution in [-0.4, -0.2) is 41.2 Å². The van der Waals surface area contributed by atoms with Crippen molar-refractivity contribution < 1.29 is 14.8 Å². The van der Waals surface area contributed by atoms with Crippen molar-refractivity contribution in [3.63, 3.8) is 0 Å². The number of benzene rings is 1. The normalized spacial score (nSPS) is 16.9. The number of aliphatic hydroxyl groups is 1. The number of rotatable bonds is 7. The summed E-state index contributed by atoms with van der Waals surface area (Å²) < 4.78 is 5.68. The fourth-order valence-corrected chi connectivity index (χ4v) is 2.58. The maximum Gasteiger partial charge on any atom is 0.270 e. The van der Waals surface area contributed by atoms with E-state index >= 15 is 0 Å². The lowest BCUT2D eigenvalue weighted by Crippen LogP contribution is -2.22. The van der Waals surface area contributed by atoms with Gasteiger partial charge in [0.05, 0.1) is 17.6 Å². The van der Waals surface area contributed by atoms with E-state index in [4.69, 9.17) is 4.74 Å². The Labute approximate surface area is 124 Å². The Kier molecular flexibility index (Phi) is 5.52. The molecule has 0 radical (unpaired) electrons. The summed E-state index contributed by atoms with van der Waals surface area (Å²) in [6.45, 7) is 5.47. The Bertz CT molecular complexity index is 485. The second kappa shape index (κ2) is 7.38. The summed E-state index contributed by atoms with van der Waals surface area (Å²) in [6, 6.07) is 4.35. The molecular weight excluding hydrogens is 272 g/mol. The first kappa shape index (κ1) is 15.7. The maximum absolute atomic E-state index is 10.8. The quantitative estimate of drug-likeness (QED) is 0.475. The summed E-state index contributed by atoms with van der Waals surface area (Å²) in [5.41, 5.74) is 0.431. The fraction of sp³-hybridized carbons (Fsp3) is 0.600. The van der Waals surface area contributed by atoms with Crippen LogP contribution in [0.1, 0.15) is 37.9 Å². The van der Waals surface area contributed by atoms with Gasteiger partial charge in [0.2, 0.25) is 0 Å². The molecule has 116 valence electrons. The van der Waals surface area contributed by atoms with Crippen molar-refractivity contribution in [3.05, 3.63) is 33.9 Å². The molecule has 0 spiro atoms. The number of ether oxygens (including phenoxy) is 1. The van der Waals surface area contributed by atoms with Gasteiger partial charge in [0.25, 0.3) is 5.69 Å². The molecule has 1 N–H and O–H groups in total. The average Bonchev–Trinajstić information content (AvgIpc) is 2.96. The van der Waals surface area contributed by atoms with Crippen molar-refractivity contribution in [2.45, 2.75) is 32.3 Å². The minimum Gasteiger partial charge on any atom is -0.493 e. The maximum atomic E-state index is 10.8. The van der Waals surface area contributed by atoms with E-state index in [1.807, 2.05) is 0 Å². The van der Waals surface area contributed by atoms with Crippen LogP contribution in [0.4, 0.5) is 5.69 Å². The van der Waals surface area contributed by atoms with E-state index in [0.29, 0.717) is 17.9 Å². The van der Waals surface area contributed by atoms with Gasteiger partial charge in [-0.05, 0) is 45.3 Å². The van der Waals surface area contributed by atoms with Crippen molar-refractivity contribution in [2.24, 2.45) is 0 Å². The third-order valence-corrected chi connectivity index (χ3v) is 3.73. The Balaban J connectivity index is 1.90. The van der Waals surface area contributed by atoms with Crippen molar-refractivity contribution >= 4 is 5.69 Å². The summed E-state index contributed by atoms with van der Waals surface area (Å²) in [4.78, 5) is 12.7. The lowest BCUT2D eigenvalue weighted by molar-refractivity contribution is -0.385. The monoisotopic (exact) mass is 294 g/mol. The van der Waals surface area contributed by atoms with Crippen molar-refractivity contribution in [1.29, 1.82) is 0 Å². The highest BCUT2D eigenvalue weighted by molar-refractivity contribution is 5.44. The molecule has 0 bridgehead atoms. The van der Waals surface area contributed by atoms with Crippen LogP contribution in [0.2, 0.25) is 0 Å². The summed E-state index contributed by atoms with van der Waals surface area (Å²) in [7, 11) is 0. The number of likely N-dealkylation sites (tertiary alicyclic amines) is 1. The Morgan fingerprint density at radius 3 is 2.76 bits per heavy atom. The van der Waals surface area contributed by atoms with E-state index in [2.05, 4.69) is 4.90 Å². The van der Waals surface area contributed by atoms with Crippen molar-refractivity contribution in [3.8, 4) is 5.75 Å². The molecule has 0 unspecified atom stereocenters. The first-order valence-corrected chi connectivity index (χ1v) is 7.39. The van der Waals surface area contributed by atoms with Crippen molar-refractivity contribution in [1.82, 2.24) is 4.90 Å². The van der Waals surface area contributed by atoms with Gasteiger partial charge in [0, 0.05) is 24.2 Å². The molecule has 0 amide bonds. The van der Waals surface area contributed by atoms with Gasteiger partial charge in [-0.15, -0.1) is 0 Å². The van der Waals surface area contributed by atoms with Crippen LogP contribution in [0, 0.1) is 10.1 Å². The van der Waals surface area contributed by atoms with Crippen LogP contribution in [0.3, 0.4) is 0 Å². The van der Waals surface area contributed by atoms with E-state index in [0.717, 1.165) is 26.1 Å². The molecule has 0 aliphatic carbocycles. The number of aliphatic hydroxyl groups excluding tert-OH is 1. The summed E-state index contributed by atoms with van der Waals surface area (Å²) in [5, 5.41) is 20.5. The predicted molar refractivity (Wildman–Crippen MR) is 79.5 cm³/mol. The molecule has 0 aromatic heterocycles. The number of hydrogen-bond donors (Lipinski definition) is 1. The molecule has 21 heavy (non-hydrogen) atoms. The SMILES string of the molecule is C[C@@H](O)c1cc([N+](=O)[O-])ccc1OCCCN1CCCC1. The molecule has 1 aliphatic rings. The number of non-ortho nitro benzene ring substituents is 1. The van der Waals surface area contributed by atoms with Crippen LogP contribution < -0.4 is 4.74 Å². The fourth-order valence-electron chi connectivity index (χ4n) is 2.58. The van der Waals surface area contributed by atoms with Crippen LogP contribution in [0.15, 0.2) is 18.2 Å². The standard InChI is InChI=1S/C15H22N2O4/c1-12(18)14-11-13(17(19)20)5-6-15(14)21-10-4-9-16-7-2-3-8-16/h5-6,11-12,18H,2-4,7-10H2,1H3/t12-/m1/s1. The van der Waals surface area contributed by atoms with Crippen LogP contribution >= 0.6 is 0 Å². The summed E-state index contributed by atoms with van der Waals surface area (Å²) in [5.74, 6) is 0.525. The average molecular weight is 294 g/mol. The highest BCUT2D eigenvalue weighted by Gasteiger charge is 2.16. The van der Waals surface area contributed by atoms with Gasteiger partial charge >= 0.3 is 0 Å². The van der Waals surface area contributed by atoms with Gasteiger partial charge in [0.15, 0.2) is 0 Å². The molecule has 1 fully saturated rings. The number of nitro groups is 1. The van der Waals surface area contributed by atoms with E-state index in [1.54, 1.807) is 13.0 Å². The van der Waals surface area contributed by atoms with Gasteiger partial charge < -0.3 is 14.7 Å². The van der Waals surface area contributed by atoms with Crippen LogP contribution in [0.5, 0.6) is 5.75 Å². The highest BCUT2D eigenvalue weighted by atomic mass is 16.6. The topological polar surface area (TPSA) is 75.8 Å². The minimum atomic E-state index is -0.793. The highest BCUT2D eigenvalue weighted by Crippen LogP contribution is 2.29. The van der Waals surface area contributed by atoms with Gasteiger partial charge in [-0.2, -0.15) is 0 Å². The lowest BCUT2D eigenvalue weighted by Gasteiger charge is -2.16. The predicted octanol–water partition coefficient (Wildman–Crippen LogP) is 2.51. The first-order chi connectivity index (χ1) is 10.1. The van der Waals surface area contributed by atoms with E-state index in [9.17, 15) is 15.2 Å². The Morgan fingerprint density at radius 2 is 2.14 bits per heavy atom. The van der Waals surface area contributed by atoms with Gasteiger partial charge in [-0.3, -0.25) is 10.1 Å². The molecule has 1 atom stereocenters. The first-order valence-electron chi connectivity index (χ1n) is 7.39. The molecule has 0 saturated carbocycles. The second-order valence-corrected chi connectivity index (χ2v) is 5.41. The van der Waals surface area contributed by atoms with Crippen molar-refractivity contribution in [2.75, 3.05) is 26.2 Å². The summed E-state index contributed by atoms with van der Waals surface area (Å²) in [6.07, 6.45) is 2.67. The minimum absolute atomic E-state index is 0.0321. The van der Waals surface area contributed by atoms with E-state index in [1.165, 1.54) is 25.0 Å². The third kappa shape index (κ3) is 4.41. The molecule has 1 saturated heterocycles. The number of nitrogens with zero attached hydrogens (tertiary/aromatic N) is 2. The van der Waals surface area contributed by atoms with E-state index < -0.39 is 11.0 Å². The smallest absolute Gasteiger partial charge is 0.270 e. The zero-order chi connectivity index (χ0) is 15.2. The molecule has 6 nitrogen and oxygen atoms in total. The molecular formula is C15H22N2O4. The van der Waals surface area contributed by atoms with Crippen LogP contribution in [-0.2, 0) is 0 Å².